The highest BCUT2D eigenvalue weighted by Gasteiger charge is 2.34. The molecule has 0 saturated heterocycles. The van der Waals surface area contributed by atoms with Crippen molar-refractivity contribution in [1.29, 1.82) is 0 Å². The molecule has 0 radical (unpaired) electrons. The number of anilines is 1. The molecule has 1 aromatic carbocycles. The number of thioether (sulfide) groups is 1. The summed E-state index contributed by atoms with van der Waals surface area (Å²) in [6.07, 6.45) is 2.80. The van der Waals surface area contributed by atoms with Gasteiger partial charge in [0.15, 0.2) is 5.12 Å². The molecule has 192 valence electrons. The van der Waals surface area contributed by atoms with Crippen LogP contribution in [0.3, 0.4) is 0 Å². The Bertz CT molecular complexity index is 881. The number of hydrogen-bond acceptors (Lipinski definition) is 4. The van der Waals surface area contributed by atoms with Crippen LogP contribution < -0.4 is 4.90 Å². The average Bonchev–Trinajstić information content (AvgIpc) is 2.70. The van der Waals surface area contributed by atoms with Gasteiger partial charge in [-0.15, -0.1) is 0 Å². The molecule has 0 aliphatic heterocycles. The molecule has 0 unspecified atom stereocenters. The maximum atomic E-state index is 15.2. The van der Waals surface area contributed by atoms with Crippen LogP contribution in [-0.2, 0) is 14.4 Å². The van der Waals surface area contributed by atoms with Crippen LogP contribution in [0, 0.1) is 22.1 Å². The number of carbonyl (C=O) groups excluding carboxylic acids is 3. The zero-order valence-corrected chi connectivity index (χ0v) is 23.8. The first kappa shape index (κ1) is 30.6. The van der Waals surface area contributed by atoms with Gasteiger partial charge in [-0.2, -0.15) is 0 Å². The summed E-state index contributed by atoms with van der Waals surface area (Å²) < 4.78 is 15.2. The summed E-state index contributed by atoms with van der Waals surface area (Å²) in [6.45, 7) is 17.7. The zero-order chi connectivity index (χ0) is 26.5. The summed E-state index contributed by atoms with van der Waals surface area (Å²) in [7, 11) is 0. The Kier molecular flexibility index (Phi) is 10.8. The van der Waals surface area contributed by atoms with Crippen molar-refractivity contribution in [2.24, 2.45) is 16.2 Å². The number of halogens is 2. The van der Waals surface area contributed by atoms with Crippen LogP contribution in [-0.4, -0.2) is 16.9 Å². The highest BCUT2D eigenvalue weighted by molar-refractivity contribution is 8.13. The highest BCUT2D eigenvalue weighted by atomic mass is 35.5. The Hall–Kier alpha value is -1.40. The molecule has 4 nitrogen and oxygen atoms in total. The molecule has 0 spiro atoms. The molecule has 1 rings (SSSR count). The van der Waals surface area contributed by atoms with Crippen molar-refractivity contribution < 1.29 is 18.8 Å². The number of hydrogen-bond donors (Lipinski definition) is 0. The monoisotopic (exact) mass is 513 g/mol. The molecule has 0 aromatic heterocycles. The van der Waals surface area contributed by atoms with Gasteiger partial charge in [-0.3, -0.25) is 14.4 Å². The summed E-state index contributed by atoms with van der Waals surface area (Å²) in [5.41, 5.74) is -1.02. The summed E-state index contributed by atoms with van der Waals surface area (Å²) in [5, 5.41) is -0.0220. The van der Waals surface area contributed by atoms with Gasteiger partial charge < -0.3 is 0 Å². The second kappa shape index (κ2) is 12.0. The van der Waals surface area contributed by atoms with Crippen LogP contribution in [0.4, 0.5) is 10.1 Å². The van der Waals surface area contributed by atoms with Crippen molar-refractivity contribution in [2.75, 3.05) is 4.90 Å². The molecule has 0 fully saturated rings. The van der Waals surface area contributed by atoms with Gasteiger partial charge in [0, 0.05) is 24.2 Å². The van der Waals surface area contributed by atoms with E-state index in [9.17, 15) is 14.4 Å². The second-order valence-electron chi connectivity index (χ2n) is 11.4. The van der Waals surface area contributed by atoms with Crippen LogP contribution in [0.2, 0.25) is 5.02 Å². The third kappa shape index (κ3) is 8.99. The fraction of sp³-hybridized carbons (Fsp3) is 0.667. The van der Waals surface area contributed by atoms with Crippen LogP contribution in [0.15, 0.2) is 17.0 Å². The summed E-state index contributed by atoms with van der Waals surface area (Å²) in [4.78, 5) is 40.7. The topological polar surface area (TPSA) is 54.5 Å². The van der Waals surface area contributed by atoms with Crippen LogP contribution in [0.25, 0.3) is 0 Å². The third-order valence-corrected chi connectivity index (χ3v) is 8.07. The predicted octanol–water partition coefficient (Wildman–Crippen LogP) is 8.44. The molecule has 0 aliphatic rings. The molecular formula is C27H41ClFNO3S. The van der Waals surface area contributed by atoms with Gasteiger partial charge in [-0.05, 0) is 28.4 Å². The smallest absolute Gasteiger partial charge is 0.234 e. The van der Waals surface area contributed by atoms with Gasteiger partial charge in [-0.1, -0.05) is 105 Å². The molecule has 0 N–H and O–H groups in total. The zero-order valence-electron chi connectivity index (χ0n) is 22.2. The van der Waals surface area contributed by atoms with Gasteiger partial charge in [0.25, 0.3) is 0 Å². The van der Waals surface area contributed by atoms with E-state index in [1.807, 2.05) is 62.3 Å². The van der Waals surface area contributed by atoms with E-state index >= 15 is 4.39 Å². The molecule has 34 heavy (non-hydrogen) atoms. The third-order valence-electron chi connectivity index (χ3n) is 6.72. The quantitative estimate of drug-likeness (QED) is 0.278. The fourth-order valence-electron chi connectivity index (χ4n) is 3.08. The Morgan fingerprint density at radius 2 is 1.24 bits per heavy atom. The van der Waals surface area contributed by atoms with Crippen molar-refractivity contribution in [2.45, 2.75) is 106 Å². The van der Waals surface area contributed by atoms with Crippen molar-refractivity contribution in [3.05, 3.63) is 23.0 Å². The Morgan fingerprint density at radius 3 is 1.65 bits per heavy atom. The van der Waals surface area contributed by atoms with Crippen LogP contribution in [0.1, 0.15) is 101 Å². The lowest BCUT2D eigenvalue weighted by Gasteiger charge is -2.30. The lowest BCUT2D eigenvalue weighted by molar-refractivity contribution is -0.128. The van der Waals surface area contributed by atoms with E-state index in [-0.39, 0.29) is 44.9 Å². The maximum Gasteiger partial charge on any atom is 0.234 e. The molecule has 0 aliphatic carbocycles. The summed E-state index contributed by atoms with van der Waals surface area (Å²) in [6, 6.07) is 2.45. The number of amides is 2. The highest BCUT2D eigenvalue weighted by Crippen LogP contribution is 2.38. The van der Waals surface area contributed by atoms with Gasteiger partial charge in [-0.25, -0.2) is 9.29 Å². The van der Waals surface area contributed by atoms with Crippen LogP contribution >= 0.6 is 23.4 Å². The first-order valence-corrected chi connectivity index (χ1v) is 13.2. The van der Waals surface area contributed by atoms with E-state index in [1.165, 1.54) is 6.07 Å². The van der Waals surface area contributed by atoms with E-state index in [4.69, 9.17) is 11.6 Å². The lowest BCUT2D eigenvalue weighted by atomic mass is 9.84. The molecule has 1 aromatic rings. The van der Waals surface area contributed by atoms with Gasteiger partial charge in [0.2, 0.25) is 11.8 Å². The molecule has 2 amide bonds. The molecule has 0 bridgehead atoms. The largest absolute Gasteiger partial charge is 0.287 e. The Balaban J connectivity index is 3.47. The number of benzene rings is 1. The van der Waals surface area contributed by atoms with E-state index < -0.39 is 17.6 Å². The maximum absolute atomic E-state index is 15.2. The van der Waals surface area contributed by atoms with E-state index in [0.29, 0.717) is 11.3 Å². The second-order valence-corrected chi connectivity index (χ2v) is 12.9. The number of nitrogens with zero attached hydrogens (tertiary/aromatic N) is 1. The normalized spacial score (nSPS) is 12.6. The van der Waals surface area contributed by atoms with Crippen molar-refractivity contribution >= 4 is 46.0 Å². The molecule has 0 saturated carbocycles. The Morgan fingerprint density at radius 1 is 0.824 bits per heavy atom. The standard InChI is InChI=1S/C27H41ClFNO3S/c1-10-25(4,5)15-22(31)30(23(32)16-26(6,7)11-2)20-14-21(18(28)13-19(20)29)34-24(33)17-27(8,9)12-3/h13-14H,10-12,15-17H2,1-9H3. The minimum Gasteiger partial charge on any atom is -0.287 e. The fourth-order valence-corrected chi connectivity index (χ4v) is 4.38. The first-order chi connectivity index (χ1) is 15.5. The van der Waals surface area contributed by atoms with Crippen molar-refractivity contribution in [3.8, 4) is 0 Å². The van der Waals surface area contributed by atoms with Gasteiger partial charge >= 0.3 is 0 Å². The van der Waals surface area contributed by atoms with E-state index in [0.717, 1.165) is 42.0 Å². The molecule has 0 atom stereocenters. The van der Waals surface area contributed by atoms with E-state index in [1.54, 1.807) is 0 Å². The number of rotatable bonds is 11. The van der Waals surface area contributed by atoms with Crippen molar-refractivity contribution in [3.63, 3.8) is 0 Å². The molecular weight excluding hydrogens is 473 g/mol. The first-order valence-electron chi connectivity index (χ1n) is 12.0. The minimum atomic E-state index is -0.763. The van der Waals surface area contributed by atoms with Gasteiger partial charge in [0.05, 0.1) is 10.7 Å². The Labute approximate surface area is 214 Å². The van der Waals surface area contributed by atoms with Gasteiger partial charge in [0.1, 0.15) is 5.82 Å². The number of carbonyl (C=O) groups is 3. The average molecular weight is 514 g/mol. The number of imide groups is 1. The van der Waals surface area contributed by atoms with Crippen molar-refractivity contribution in [1.82, 2.24) is 0 Å². The molecule has 7 heteroatoms. The lowest BCUT2D eigenvalue weighted by Crippen LogP contribution is -2.41. The minimum absolute atomic E-state index is 0.0801. The van der Waals surface area contributed by atoms with E-state index in [2.05, 4.69) is 0 Å². The predicted molar refractivity (Wildman–Crippen MR) is 141 cm³/mol. The molecule has 0 heterocycles. The summed E-state index contributed by atoms with van der Waals surface area (Å²) >= 11 is 7.20. The summed E-state index contributed by atoms with van der Waals surface area (Å²) in [5.74, 6) is -1.68. The SMILES string of the molecule is CCC(C)(C)CC(=O)Sc1cc(N(C(=O)CC(C)(C)CC)C(=O)CC(C)(C)CC)c(F)cc1Cl. The van der Waals surface area contributed by atoms with Crippen LogP contribution in [0.5, 0.6) is 0 Å².